The normalized spacial score (nSPS) is 21.1. The maximum absolute atomic E-state index is 12.6. The number of thiazole rings is 1. The molecule has 0 atom stereocenters. The van der Waals surface area contributed by atoms with Gasteiger partial charge in [0, 0.05) is 22.7 Å². The summed E-state index contributed by atoms with van der Waals surface area (Å²) >= 11 is 0.587. The molecule has 0 unspecified atom stereocenters. The van der Waals surface area contributed by atoms with E-state index >= 15 is 0 Å². The molecule has 0 saturated heterocycles. The predicted molar refractivity (Wildman–Crippen MR) is 89.6 cm³/mol. The largest absolute Gasteiger partial charge is 0.481 e. The highest BCUT2D eigenvalue weighted by molar-refractivity contribution is 7.10. The summed E-state index contributed by atoms with van der Waals surface area (Å²) in [5.74, 6) is -0.989. The van der Waals surface area contributed by atoms with Crippen molar-refractivity contribution in [3.8, 4) is 11.3 Å². The van der Waals surface area contributed by atoms with Crippen LogP contribution in [0.4, 0.5) is 18.9 Å². The van der Waals surface area contributed by atoms with Crippen LogP contribution in [0.5, 0.6) is 0 Å². The van der Waals surface area contributed by atoms with Crippen molar-refractivity contribution in [3.05, 3.63) is 34.7 Å². The van der Waals surface area contributed by atoms with E-state index < -0.39 is 17.2 Å². The molecule has 0 spiro atoms. The summed E-state index contributed by atoms with van der Waals surface area (Å²) in [5, 5.41) is 12.9. The first-order valence-corrected chi connectivity index (χ1v) is 8.83. The van der Waals surface area contributed by atoms with Crippen molar-refractivity contribution in [1.29, 1.82) is 0 Å². The van der Waals surface area contributed by atoms with E-state index in [1.807, 2.05) is 12.1 Å². The van der Waals surface area contributed by atoms with Gasteiger partial charge in [0.05, 0.1) is 11.6 Å². The molecule has 1 fully saturated rings. The van der Waals surface area contributed by atoms with Crippen LogP contribution in [0.1, 0.15) is 30.7 Å². The van der Waals surface area contributed by atoms with Crippen LogP contribution < -0.4 is 5.32 Å². The molecular formula is C17H17F3N2O2S. The molecule has 1 heterocycles. The molecule has 0 bridgehead atoms. The zero-order valence-corrected chi connectivity index (χ0v) is 14.0. The first-order chi connectivity index (χ1) is 11.8. The third-order valence-corrected chi connectivity index (χ3v) is 5.26. The maximum Gasteiger partial charge on any atom is 0.443 e. The Kier molecular flexibility index (Phi) is 4.99. The number of carboxylic acids is 1. The van der Waals surface area contributed by atoms with Gasteiger partial charge in [0.15, 0.2) is 5.01 Å². The minimum atomic E-state index is -4.42. The number of aromatic nitrogens is 1. The quantitative estimate of drug-likeness (QED) is 0.805. The standard InChI is InChI=1S/C17H17F3N2O2S/c18-17(19,20)16-22-14(9-25-16)10-1-5-12(6-2-10)21-13-7-3-11(4-8-13)15(23)24/h1-2,5-6,9,11,13,21H,3-4,7-8H2,(H,23,24). The number of halogens is 3. The fourth-order valence-corrected chi connectivity index (χ4v) is 3.69. The summed E-state index contributed by atoms with van der Waals surface area (Å²) in [4.78, 5) is 14.6. The Labute approximate surface area is 146 Å². The lowest BCUT2D eigenvalue weighted by Gasteiger charge is -2.27. The molecule has 0 aliphatic heterocycles. The molecule has 1 aliphatic carbocycles. The van der Waals surface area contributed by atoms with E-state index in [0.29, 0.717) is 35.4 Å². The average molecular weight is 370 g/mol. The van der Waals surface area contributed by atoms with Gasteiger partial charge in [-0.05, 0) is 37.8 Å². The lowest BCUT2D eigenvalue weighted by Crippen LogP contribution is -2.29. The second-order valence-electron chi connectivity index (χ2n) is 6.14. The summed E-state index contributed by atoms with van der Waals surface area (Å²) in [5.41, 5.74) is 1.81. The van der Waals surface area contributed by atoms with Gasteiger partial charge < -0.3 is 10.4 Å². The van der Waals surface area contributed by atoms with Gasteiger partial charge in [0.25, 0.3) is 0 Å². The van der Waals surface area contributed by atoms with Gasteiger partial charge in [0.2, 0.25) is 0 Å². The zero-order valence-electron chi connectivity index (χ0n) is 13.2. The number of nitrogens with zero attached hydrogens (tertiary/aromatic N) is 1. The Hall–Kier alpha value is -2.09. The Bertz CT molecular complexity index is 735. The summed E-state index contributed by atoms with van der Waals surface area (Å²) in [6, 6.07) is 7.31. The first kappa shape index (κ1) is 17.7. The third-order valence-electron chi connectivity index (χ3n) is 4.37. The van der Waals surface area contributed by atoms with E-state index in [-0.39, 0.29) is 12.0 Å². The number of hydrogen-bond acceptors (Lipinski definition) is 4. The van der Waals surface area contributed by atoms with Crippen molar-refractivity contribution >= 4 is 23.0 Å². The molecule has 134 valence electrons. The van der Waals surface area contributed by atoms with Crippen molar-refractivity contribution in [1.82, 2.24) is 4.98 Å². The number of carbonyl (C=O) groups is 1. The van der Waals surface area contributed by atoms with Gasteiger partial charge in [-0.25, -0.2) is 4.98 Å². The average Bonchev–Trinajstić information content (AvgIpc) is 3.06. The lowest BCUT2D eigenvalue weighted by atomic mass is 9.86. The highest BCUT2D eigenvalue weighted by Gasteiger charge is 2.34. The van der Waals surface area contributed by atoms with Gasteiger partial charge in [-0.2, -0.15) is 13.2 Å². The van der Waals surface area contributed by atoms with Crippen molar-refractivity contribution in [2.75, 3.05) is 5.32 Å². The molecule has 8 heteroatoms. The monoisotopic (exact) mass is 370 g/mol. The number of hydrogen-bond donors (Lipinski definition) is 2. The third kappa shape index (κ3) is 4.31. The van der Waals surface area contributed by atoms with E-state index in [4.69, 9.17) is 5.11 Å². The van der Waals surface area contributed by atoms with Gasteiger partial charge >= 0.3 is 12.1 Å². The van der Waals surface area contributed by atoms with Gasteiger partial charge in [-0.1, -0.05) is 12.1 Å². The lowest BCUT2D eigenvalue weighted by molar-refractivity contribution is -0.142. The number of nitrogens with one attached hydrogen (secondary N) is 1. The van der Waals surface area contributed by atoms with Crippen LogP contribution in [0.2, 0.25) is 0 Å². The van der Waals surface area contributed by atoms with Crippen LogP contribution in [0.25, 0.3) is 11.3 Å². The highest BCUT2D eigenvalue weighted by atomic mass is 32.1. The first-order valence-electron chi connectivity index (χ1n) is 7.95. The minimum absolute atomic E-state index is 0.220. The van der Waals surface area contributed by atoms with Crippen LogP contribution in [-0.2, 0) is 11.0 Å². The van der Waals surface area contributed by atoms with Crippen LogP contribution in [0.3, 0.4) is 0 Å². The summed E-state index contributed by atoms with van der Waals surface area (Å²) in [6.07, 6.45) is -1.52. The van der Waals surface area contributed by atoms with E-state index in [9.17, 15) is 18.0 Å². The summed E-state index contributed by atoms with van der Waals surface area (Å²) < 4.78 is 37.9. The second kappa shape index (κ2) is 7.03. The molecule has 2 aromatic rings. The van der Waals surface area contributed by atoms with E-state index in [1.54, 1.807) is 12.1 Å². The van der Waals surface area contributed by atoms with Crippen molar-refractivity contribution in [3.63, 3.8) is 0 Å². The fourth-order valence-electron chi connectivity index (χ4n) is 2.99. The molecule has 0 amide bonds. The van der Waals surface area contributed by atoms with Crippen LogP contribution in [0.15, 0.2) is 29.6 Å². The SMILES string of the molecule is O=C(O)C1CCC(Nc2ccc(-c3csc(C(F)(F)F)n3)cc2)CC1. The zero-order chi connectivity index (χ0) is 18.0. The number of alkyl halides is 3. The Balaban J connectivity index is 1.61. The molecule has 1 aromatic heterocycles. The molecule has 25 heavy (non-hydrogen) atoms. The minimum Gasteiger partial charge on any atom is -0.481 e. The number of carboxylic acid groups (broad SMARTS) is 1. The van der Waals surface area contributed by atoms with E-state index in [2.05, 4.69) is 10.3 Å². The summed E-state index contributed by atoms with van der Waals surface area (Å²) in [6.45, 7) is 0. The molecule has 1 saturated carbocycles. The van der Waals surface area contributed by atoms with Crippen molar-refractivity contribution in [2.24, 2.45) is 5.92 Å². The summed E-state index contributed by atoms with van der Waals surface area (Å²) in [7, 11) is 0. The van der Waals surface area contributed by atoms with Gasteiger partial charge in [-0.3, -0.25) is 4.79 Å². The Morgan fingerprint density at radius 1 is 1.16 bits per heavy atom. The topological polar surface area (TPSA) is 62.2 Å². The fraction of sp³-hybridized carbons (Fsp3) is 0.412. The Morgan fingerprint density at radius 2 is 1.80 bits per heavy atom. The van der Waals surface area contributed by atoms with Gasteiger partial charge in [-0.15, -0.1) is 11.3 Å². The highest BCUT2D eigenvalue weighted by Crippen LogP contribution is 2.34. The molecule has 2 N–H and O–H groups in total. The van der Waals surface area contributed by atoms with E-state index in [1.165, 1.54) is 5.38 Å². The number of aliphatic carboxylic acids is 1. The number of anilines is 1. The van der Waals surface area contributed by atoms with Gasteiger partial charge in [0.1, 0.15) is 0 Å². The van der Waals surface area contributed by atoms with Crippen LogP contribution in [-0.4, -0.2) is 22.1 Å². The van der Waals surface area contributed by atoms with E-state index in [0.717, 1.165) is 18.5 Å². The Morgan fingerprint density at radius 3 is 2.32 bits per heavy atom. The number of benzene rings is 1. The molecule has 3 rings (SSSR count). The van der Waals surface area contributed by atoms with Crippen LogP contribution >= 0.6 is 11.3 Å². The molecule has 0 radical (unpaired) electrons. The maximum atomic E-state index is 12.6. The van der Waals surface area contributed by atoms with Crippen LogP contribution in [0, 0.1) is 5.92 Å². The molecular weight excluding hydrogens is 353 g/mol. The van der Waals surface area contributed by atoms with Crippen molar-refractivity contribution < 1.29 is 23.1 Å². The molecule has 1 aliphatic rings. The number of rotatable bonds is 4. The molecule has 4 nitrogen and oxygen atoms in total. The van der Waals surface area contributed by atoms with Crippen molar-refractivity contribution in [2.45, 2.75) is 37.9 Å². The predicted octanol–water partition coefficient (Wildman–Crippen LogP) is 4.88. The molecule has 1 aromatic carbocycles. The smallest absolute Gasteiger partial charge is 0.443 e. The second-order valence-corrected chi connectivity index (χ2v) is 7.00.